The molecule has 0 saturated carbocycles. The quantitative estimate of drug-likeness (QED) is 0.255. The van der Waals surface area contributed by atoms with Crippen LogP contribution in [0.5, 0.6) is 0 Å². The Morgan fingerprint density at radius 2 is 1.06 bits per heavy atom. The topological polar surface area (TPSA) is 43.6 Å². The fourth-order valence-electron chi connectivity index (χ4n) is 4.98. The molecule has 0 radical (unpaired) electrons. The normalized spacial score (nSPS) is 11.5. The summed E-state index contributed by atoms with van der Waals surface area (Å²) in [6.07, 6.45) is 0. The molecule has 0 aliphatic carbocycles. The van der Waals surface area contributed by atoms with Gasteiger partial charge >= 0.3 is 0 Å². The molecule has 0 spiro atoms. The minimum atomic E-state index is 0.172. The smallest absolute Gasteiger partial charge is 0.226 e. The van der Waals surface area contributed by atoms with E-state index in [0.717, 1.165) is 38.6 Å². The van der Waals surface area contributed by atoms with Gasteiger partial charge in [0.05, 0.1) is 16.7 Å². The van der Waals surface area contributed by atoms with Gasteiger partial charge in [-0.1, -0.05) is 91.0 Å². The van der Waals surface area contributed by atoms with Crippen molar-refractivity contribution < 1.29 is 0 Å². The van der Waals surface area contributed by atoms with Gasteiger partial charge in [-0.3, -0.25) is 0 Å². The van der Waals surface area contributed by atoms with Crippen molar-refractivity contribution in [1.29, 1.82) is 0 Å². The summed E-state index contributed by atoms with van der Waals surface area (Å²) < 4.78 is 2.33. The van der Waals surface area contributed by atoms with E-state index in [4.69, 9.17) is 16.6 Å². The lowest BCUT2D eigenvalue weighted by Gasteiger charge is -2.14. The summed E-state index contributed by atoms with van der Waals surface area (Å²) in [6.45, 7) is 0. The number of aromatic nitrogens is 4. The zero-order chi connectivity index (χ0) is 24.1. The number of benzene rings is 5. The number of halogens is 1. The molecule has 0 saturated heterocycles. The summed E-state index contributed by atoms with van der Waals surface area (Å²) in [5.41, 5.74) is 5.15. The summed E-state index contributed by atoms with van der Waals surface area (Å²) in [4.78, 5) is 13.7. The van der Waals surface area contributed by atoms with Crippen LogP contribution in [0.4, 0.5) is 0 Å². The van der Waals surface area contributed by atoms with E-state index in [2.05, 4.69) is 99.5 Å². The van der Waals surface area contributed by atoms with E-state index in [-0.39, 0.29) is 5.28 Å². The van der Waals surface area contributed by atoms with Gasteiger partial charge in [-0.05, 0) is 41.3 Å². The lowest BCUT2D eigenvalue weighted by molar-refractivity contribution is 1.06. The average Bonchev–Trinajstić information content (AvgIpc) is 3.27. The number of hydrogen-bond acceptors (Lipinski definition) is 3. The van der Waals surface area contributed by atoms with Crippen LogP contribution in [0.3, 0.4) is 0 Å². The van der Waals surface area contributed by atoms with E-state index in [9.17, 15) is 0 Å². The van der Waals surface area contributed by atoms with E-state index < -0.39 is 0 Å². The van der Waals surface area contributed by atoms with Crippen LogP contribution in [0.15, 0.2) is 115 Å². The lowest BCUT2D eigenvalue weighted by atomic mass is 10.0. The average molecular weight is 483 g/mol. The van der Waals surface area contributed by atoms with Crippen molar-refractivity contribution in [3.8, 4) is 28.5 Å². The number of nitrogens with zero attached hydrogens (tertiary/aromatic N) is 4. The van der Waals surface area contributed by atoms with E-state index in [1.807, 2.05) is 30.3 Å². The van der Waals surface area contributed by atoms with Gasteiger partial charge in [0.25, 0.3) is 0 Å². The molecule has 5 aromatic carbocycles. The van der Waals surface area contributed by atoms with E-state index in [1.54, 1.807) is 0 Å². The molecule has 0 aliphatic heterocycles. The van der Waals surface area contributed by atoms with Gasteiger partial charge in [0.2, 0.25) is 5.28 Å². The summed E-state index contributed by atoms with van der Waals surface area (Å²) in [5.74, 6) is 1.10. The minimum Gasteiger partial charge on any atom is -0.309 e. The maximum atomic E-state index is 6.40. The van der Waals surface area contributed by atoms with Crippen LogP contribution >= 0.6 is 11.6 Å². The molecule has 2 aromatic heterocycles. The van der Waals surface area contributed by atoms with E-state index in [0.29, 0.717) is 11.6 Å². The summed E-state index contributed by atoms with van der Waals surface area (Å²) >= 11 is 6.40. The van der Waals surface area contributed by atoms with Crippen LogP contribution in [0, 0.1) is 0 Å². The monoisotopic (exact) mass is 482 g/mol. The first-order valence-electron chi connectivity index (χ1n) is 11.7. The van der Waals surface area contributed by atoms with Gasteiger partial charge in [-0.15, -0.1) is 0 Å². The van der Waals surface area contributed by atoms with E-state index in [1.165, 1.54) is 10.8 Å². The van der Waals surface area contributed by atoms with Crippen molar-refractivity contribution in [3.63, 3.8) is 0 Å². The molecule has 36 heavy (non-hydrogen) atoms. The first-order valence-corrected chi connectivity index (χ1v) is 12.1. The molecular formula is C31H19ClN4. The first kappa shape index (κ1) is 20.8. The van der Waals surface area contributed by atoms with Gasteiger partial charge in [0.15, 0.2) is 11.6 Å². The molecule has 4 nitrogen and oxygen atoms in total. The summed E-state index contributed by atoms with van der Waals surface area (Å²) in [7, 11) is 0. The van der Waals surface area contributed by atoms with Gasteiger partial charge in [-0.2, -0.15) is 9.97 Å². The van der Waals surface area contributed by atoms with Crippen molar-refractivity contribution in [3.05, 3.63) is 121 Å². The van der Waals surface area contributed by atoms with Gasteiger partial charge in [0, 0.05) is 27.3 Å². The Labute approximate surface area is 212 Å². The zero-order valence-corrected chi connectivity index (χ0v) is 19.9. The highest BCUT2D eigenvalue weighted by Crippen LogP contribution is 2.36. The van der Waals surface area contributed by atoms with E-state index >= 15 is 0 Å². The third kappa shape index (κ3) is 3.35. The van der Waals surface area contributed by atoms with Crippen molar-refractivity contribution in [1.82, 2.24) is 19.5 Å². The molecular weight excluding hydrogens is 464 g/mol. The molecule has 7 aromatic rings. The van der Waals surface area contributed by atoms with Crippen molar-refractivity contribution in [2.75, 3.05) is 0 Å². The van der Waals surface area contributed by atoms with Crippen LogP contribution in [-0.4, -0.2) is 19.5 Å². The van der Waals surface area contributed by atoms with Crippen molar-refractivity contribution in [2.24, 2.45) is 0 Å². The summed E-state index contributed by atoms with van der Waals surface area (Å²) in [6, 6.07) is 39.6. The summed E-state index contributed by atoms with van der Waals surface area (Å²) in [5, 5.41) is 4.86. The Morgan fingerprint density at radius 1 is 0.500 bits per heavy atom. The Hall–Kier alpha value is -4.54. The predicted octanol–water partition coefficient (Wildman–Crippen LogP) is 8.11. The van der Waals surface area contributed by atoms with Crippen LogP contribution in [0.2, 0.25) is 5.28 Å². The molecule has 0 bridgehead atoms. The minimum absolute atomic E-state index is 0.172. The van der Waals surface area contributed by atoms with Gasteiger partial charge < -0.3 is 4.57 Å². The van der Waals surface area contributed by atoms with Crippen molar-refractivity contribution in [2.45, 2.75) is 0 Å². The number of rotatable bonds is 3. The first-order chi connectivity index (χ1) is 17.8. The molecule has 170 valence electrons. The van der Waals surface area contributed by atoms with Gasteiger partial charge in [0.1, 0.15) is 0 Å². The number of hydrogen-bond donors (Lipinski definition) is 0. The third-order valence-electron chi connectivity index (χ3n) is 6.56. The Balaban J connectivity index is 1.54. The Morgan fingerprint density at radius 3 is 1.75 bits per heavy atom. The maximum absolute atomic E-state index is 6.40. The Kier molecular flexibility index (Phi) is 4.79. The SMILES string of the molecule is Clc1nc(-c2ccccc2)nc(-c2cc(-n3c4ccccc4c4ccccc43)c3ccccc3c2)n1. The van der Waals surface area contributed by atoms with Crippen LogP contribution in [0.1, 0.15) is 0 Å². The van der Waals surface area contributed by atoms with Crippen LogP contribution < -0.4 is 0 Å². The molecule has 2 heterocycles. The largest absolute Gasteiger partial charge is 0.309 e. The second-order valence-electron chi connectivity index (χ2n) is 8.70. The third-order valence-corrected chi connectivity index (χ3v) is 6.73. The van der Waals surface area contributed by atoms with Crippen molar-refractivity contribution >= 4 is 44.2 Å². The lowest BCUT2D eigenvalue weighted by Crippen LogP contribution is -2.00. The predicted molar refractivity (Wildman–Crippen MR) is 148 cm³/mol. The molecule has 0 aliphatic rings. The highest BCUT2D eigenvalue weighted by Gasteiger charge is 2.17. The Bertz CT molecular complexity index is 1850. The fraction of sp³-hybridized carbons (Fsp3) is 0. The standard InChI is InChI=1S/C31H19ClN4/c32-31-34-29(20-10-2-1-3-11-20)33-30(35-31)22-18-21-12-4-5-13-23(21)28(19-22)36-26-16-8-6-14-24(26)25-15-7-9-17-27(25)36/h1-19H. The zero-order valence-electron chi connectivity index (χ0n) is 19.1. The second-order valence-corrected chi connectivity index (χ2v) is 9.04. The van der Waals surface area contributed by atoms with Crippen LogP contribution in [0.25, 0.3) is 61.0 Å². The van der Waals surface area contributed by atoms with Gasteiger partial charge in [-0.25, -0.2) is 4.98 Å². The molecule has 0 fully saturated rings. The van der Waals surface area contributed by atoms with Crippen LogP contribution in [-0.2, 0) is 0 Å². The number of fused-ring (bicyclic) bond motifs is 4. The molecule has 5 heteroatoms. The molecule has 0 N–H and O–H groups in total. The molecule has 0 unspecified atom stereocenters. The molecule has 7 rings (SSSR count). The maximum Gasteiger partial charge on any atom is 0.226 e. The fourth-order valence-corrected chi connectivity index (χ4v) is 5.14. The number of para-hydroxylation sites is 2. The highest BCUT2D eigenvalue weighted by molar-refractivity contribution is 6.28. The second kappa shape index (κ2) is 8.29. The highest BCUT2D eigenvalue weighted by atomic mass is 35.5. The molecule has 0 atom stereocenters. The molecule has 0 amide bonds.